The first-order valence-corrected chi connectivity index (χ1v) is 29.9. The summed E-state index contributed by atoms with van der Waals surface area (Å²) in [5.74, 6) is -0.863. The third-order valence-corrected chi connectivity index (χ3v) is 13.5. The van der Waals surface area contributed by atoms with E-state index in [2.05, 4.69) is 45.1 Å². The van der Waals surface area contributed by atoms with Crippen LogP contribution in [0.1, 0.15) is 329 Å². The van der Waals surface area contributed by atoms with E-state index in [1.54, 1.807) is 0 Å². The lowest BCUT2D eigenvalue weighted by molar-refractivity contribution is -0.167. The highest BCUT2D eigenvalue weighted by molar-refractivity contribution is 5.71. The van der Waals surface area contributed by atoms with Gasteiger partial charge in [0, 0.05) is 19.3 Å². The van der Waals surface area contributed by atoms with E-state index >= 15 is 0 Å². The van der Waals surface area contributed by atoms with Crippen LogP contribution >= 0.6 is 0 Å². The Morgan fingerprint density at radius 3 is 0.791 bits per heavy atom. The van der Waals surface area contributed by atoms with E-state index in [9.17, 15) is 14.4 Å². The largest absolute Gasteiger partial charge is 0.462 e. The van der Waals surface area contributed by atoms with Gasteiger partial charge < -0.3 is 14.2 Å². The van der Waals surface area contributed by atoms with Crippen LogP contribution in [-0.4, -0.2) is 37.2 Å². The number of hydrogen-bond donors (Lipinski definition) is 0. The van der Waals surface area contributed by atoms with E-state index in [0.717, 1.165) is 77.0 Å². The molecule has 0 aliphatic heterocycles. The quantitative estimate of drug-likeness (QED) is 0.0262. The summed E-state index contributed by atoms with van der Waals surface area (Å²) in [6.45, 7) is 6.68. The molecule has 0 fully saturated rings. The van der Waals surface area contributed by atoms with Gasteiger partial charge in [0.05, 0.1) is 0 Å². The average Bonchev–Trinajstić information content (AvgIpc) is 3.33. The molecule has 0 aliphatic carbocycles. The Balaban J connectivity index is 4.33. The first-order chi connectivity index (χ1) is 33.0. The third kappa shape index (κ3) is 54.7. The topological polar surface area (TPSA) is 78.9 Å². The molecule has 0 saturated carbocycles. The lowest BCUT2D eigenvalue weighted by Gasteiger charge is -2.18. The van der Waals surface area contributed by atoms with Crippen molar-refractivity contribution in [1.29, 1.82) is 0 Å². The Labute approximate surface area is 417 Å². The van der Waals surface area contributed by atoms with E-state index < -0.39 is 6.10 Å². The first-order valence-electron chi connectivity index (χ1n) is 29.9. The summed E-state index contributed by atoms with van der Waals surface area (Å²) >= 11 is 0. The number of carbonyl (C=O) groups excluding carboxylic acids is 3. The number of allylic oxidation sites excluding steroid dienone is 4. The predicted molar refractivity (Wildman–Crippen MR) is 289 cm³/mol. The Hall–Kier alpha value is -2.11. The molecule has 0 aromatic heterocycles. The normalized spacial score (nSPS) is 12.1. The van der Waals surface area contributed by atoms with Gasteiger partial charge in [0.2, 0.25) is 0 Å². The van der Waals surface area contributed by atoms with Crippen molar-refractivity contribution in [2.75, 3.05) is 13.2 Å². The summed E-state index contributed by atoms with van der Waals surface area (Å²) in [6.07, 6.45) is 66.0. The van der Waals surface area contributed by atoms with E-state index in [1.165, 1.54) is 212 Å². The average molecular weight is 944 g/mol. The van der Waals surface area contributed by atoms with Gasteiger partial charge in [-0.1, -0.05) is 289 Å². The molecule has 0 aromatic carbocycles. The Morgan fingerprint density at radius 1 is 0.299 bits per heavy atom. The van der Waals surface area contributed by atoms with Gasteiger partial charge in [0.1, 0.15) is 13.2 Å². The molecule has 0 spiro atoms. The van der Waals surface area contributed by atoms with Crippen LogP contribution in [0.2, 0.25) is 0 Å². The molecule has 0 saturated heterocycles. The maximum Gasteiger partial charge on any atom is 0.306 e. The zero-order valence-corrected chi connectivity index (χ0v) is 45.2. The van der Waals surface area contributed by atoms with Crippen LogP contribution in [0.5, 0.6) is 0 Å². The summed E-state index contributed by atoms with van der Waals surface area (Å²) < 4.78 is 16.9. The number of unbranched alkanes of at least 4 members (excludes halogenated alkanes) is 41. The fourth-order valence-electron chi connectivity index (χ4n) is 8.97. The van der Waals surface area contributed by atoms with Gasteiger partial charge in [0.15, 0.2) is 6.10 Å². The van der Waals surface area contributed by atoms with Crippen LogP contribution < -0.4 is 0 Å². The van der Waals surface area contributed by atoms with Crippen molar-refractivity contribution >= 4 is 17.9 Å². The van der Waals surface area contributed by atoms with E-state index in [4.69, 9.17) is 14.2 Å². The van der Waals surface area contributed by atoms with Crippen molar-refractivity contribution in [2.45, 2.75) is 335 Å². The number of hydrogen-bond acceptors (Lipinski definition) is 6. The highest BCUT2D eigenvalue weighted by Crippen LogP contribution is 2.17. The number of esters is 3. The van der Waals surface area contributed by atoms with Crippen molar-refractivity contribution in [3.8, 4) is 0 Å². The van der Waals surface area contributed by atoms with Crippen molar-refractivity contribution in [2.24, 2.45) is 0 Å². The lowest BCUT2D eigenvalue weighted by Crippen LogP contribution is -2.30. The van der Waals surface area contributed by atoms with Gasteiger partial charge >= 0.3 is 17.9 Å². The maximum absolute atomic E-state index is 12.9. The highest BCUT2D eigenvalue weighted by Gasteiger charge is 2.19. The minimum Gasteiger partial charge on any atom is -0.462 e. The molecule has 0 rings (SSSR count). The van der Waals surface area contributed by atoms with Crippen LogP contribution in [0, 0.1) is 0 Å². The molecule has 394 valence electrons. The Bertz CT molecular complexity index is 1080. The van der Waals surface area contributed by atoms with E-state index in [0.29, 0.717) is 19.3 Å². The molecular weight excluding hydrogens is 829 g/mol. The molecule has 6 nitrogen and oxygen atoms in total. The molecule has 1 unspecified atom stereocenters. The number of carbonyl (C=O) groups is 3. The summed E-state index contributed by atoms with van der Waals surface area (Å²) in [7, 11) is 0. The van der Waals surface area contributed by atoms with Crippen LogP contribution in [0.3, 0.4) is 0 Å². The van der Waals surface area contributed by atoms with Crippen molar-refractivity contribution < 1.29 is 28.6 Å². The summed E-state index contributed by atoms with van der Waals surface area (Å²) in [5, 5.41) is 0. The van der Waals surface area contributed by atoms with Crippen LogP contribution in [0.25, 0.3) is 0 Å². The van der Waals surface area contributed by atoms with Gasteiger partial charge in [-0.15, -0.1) is 0 Å². The maximum atomic E-state index is 12.9. The second kappa shape index (κ2) is 56.5. The molecular formula is C61H114O6. The Kier molecular flexibility index (Phi) is 54.7. The number of rotatable bonds is 55. The van der Waals surface area contributed by atoms with Gasteiger partial charge in [-0.3, -0.25) is 14.4 Å². The Morgan fingerprint density at radius 2 is 0.522 bits per heavy atom. The lowest BCUT2D eigenvalue weighted by atomic mass is 10.0. The molecule has 0 N–H and O–H groups in total. The molecule has 67 heavy (non-hydrogen) atoms. The fraction of sp³-hybridized carbons (Fsp3) is 0.885. The highest BCUT2D eigenvalue weighted by atomic mass is 16.6. The SMILES string of the molecule is CCCCCCCCC/C=C\C=C/CCCCCCCC(=O)OCC(COC(=O)CCCCCCCCCCCCCCC)OC(=O)CCCCCCCCCCCCCCCCCCCC. The zero-order chi connectivity index (χ0) is 48.6. The van der Waals surface area contributed by atoms with Crippen LogP contribution in [0.4, 0.5) is 0 Å². The molecule has 6 heteroatoms. The van der Waals surface area contributed by atoms with Gasteiger partial charge in [-0.25, -0.2) is 0 Å². The van der Waals surface area contributed by atoms with Crippen molar-refractivity contribution in [3.05, 3.63) is 24.3 Å². The molecule has 0 aromatic rings. The third-order valence-electron chi connectivity index (χ3n) is 13.5. The minimum atomic E-state index is -0.772. The van der Waals surface area contributed by atoms with Crippen molar-refractivity contribution in [3.63, 3.8) is 0 Å². The first kappa shape index (κ1) is 64.9. The van der Waals surface area contributed by atoms with Crippen LogP contribution in [-0.2, 0) is 28.6 Å². The molecule has 0 heterocycles. The molecule has 1 atom stereocenters. The molecule has 0 amide bonds. The molecule has 0 bridgehead atoms. The minimum absolute atomic E-state index is 0.0706. The standard InChI is InChI=1S/C61H114O6/c1-4-7-10-13-16-19-22-25-27-29-31-33-36-39-42-45-48-51-54-60(63)66-57-58(56-65-59(62)53-50-47-44-41-38-35-24-21-18-15-12-9-6-3)67-61(64)55-52-49-46-43-40-37-34-32-30-28-26-23-20-17-14-11-8-5-2/h27,29,31,33,58H,4-26,28,30,32,34-57H2,1-3H3/b29-27-,33-31-. The summed E-state index contributed by atoms with van der Waals surface area (Å²) in [4.78, 5) is 38.2. The smallest absolute Gasteiger partial charge is 0.306 e. The van der Waals surface area contributed by atoms with Crippen LogP contribution in [0.15, 0.2) is 24.3 Å². The molecule has 0 aliphatic rings. The van der Waals surface area contributed by atoms with Gasteiger partial charge in [-0.2, -0.15) is 0 Å². The fourth-order valence-corrected chi connectivity index (χ4v) is 8.97. The van der Waals surface area contributed by atoms with Gasteiger partial charge in [0.25, 0.3) is 0 Å². The van der Waals surface area contributed by atoms with E-state index in [-0.39, 0.29) is 31.1 Å². The second-order valence-corrected chi connectivity index (χ2v) is 20.3. The predicted octanol–water partition coefficient (Wildman–Crippen LogP) is 19.9. The summed E-state index contributed by atoms with van der Waals surface area (Å²) in [6, 6.07) is 0. The monoisotopic (exact) mass is 943 g/mol. The number of ether oxygens (including phenoxy) is 3. The van der Waals surface area contributed by atoms with Crippen molar-refractivity contribution in [1.82, 2.24) is 0 Å². The molecule has 0 radical (unpaired) electrons. The second-order valence-electron chi connectivity index (χ2n) is 20.3. The van der Waals surface area contributed by atoms with E-state index in [1.807, 2.05) is 0 Å². The summed E-state index contributed by atoms with van der Waals surface area (Å²) in [5.41, 5.74) is 0. The van der Waals surface area contributed by atoms with Gasteiger partial charge in [-0.05, 0) is 44.9 Å². The zero-order valence-electron chi connectivity index (χ0n) is 45.2.